The van der Waals surface area contributed by atoms with Crippen LogP contribution in [-0.2, 0) is 11.2 Å². The van der Waals surface area contributed by atoms with Gasteiger partial charge in [-0.05, 0) is 49.6 Å². The highest BCUT2D eigenvalue weighted by Crippen LogP contribution is 2.31. The minimum Gasteiger partial charge on any atom is -0.477 e. The summed E-state index contributed by atoms with van der Waals surface area (Å²) in [5.41, 5.74) is 3.94. The van der Waals surface area contributed by atoms with Crippen molar-refractivity contribution in [2.75, 3.05) is 0 Å². The Morgan fingerprint density at radius 1 is 1.00 bits per heavy atom. The number of hydrogen-bond acceptors (Lipinski definition) is 4. The second kappa shape index (κ2) is 8.19. The number of fused-ring (bicyclic) bond motifs is 3. The average Bonchev–Trinajstić information content (AvgIpc) is 3.09. The van der Waals surface area contributed by atoms with Gasteiger partial charge in [0.2, 0.25) is 0 Å². The molecule has 0 spiro atoms. The number of benzene rings is 3. The Bertz CT molecular complexity index is 1190. The Labute approximate surface area is 168 Å². The molecule has 5 nitrogen and oxygen atoms in total. The molecule has 0 aliphatic carbocycles. The second-order valence-electron chi connectivity index (χ2n) is 7.03. The van der Waals surface area contributed by atoms with Gasteiger partial charge >= 0.3 is 5.97 Å². The highest BCUT2D eigenvalue weighted by Gasteiger charge is 2.12. The topological polar surface area (TPSA) is 72.0 Å². The van der Waals surface area contributed by atoms with Crippen LogP contribution in [-0.4, -0.2) is 16.8 Å². The Morgan fingerprint density at radius 3 is 2.55 bits per heavy atom. The molecule has 29 heavy (non-hydrogen) atoms. The first-order chi connectivity index (χ1) is 14.1. The maximum atomic E-state index is 11.5. The Hall–Kier alpha value is -3.60. The molecule has 0 amide bonds. The summed E-state index contributed by atoms with van der Waals surface area (Å²) in [5, 5.41) is 15.2. The summed E-state index contributed by atoms with van der Waals surface area (Å²) in [6, 6.07) is 21.3. The van der Waals surface area contributed by atoms with E-state index in [9.17, 15) is 9.90 Å². The lowest BCUT2D eigenvalue weighted by Crippen LogP contribution is -2.14. The molecule has 146 valence electrons. The van der Waals surface area contributed by atoms with Gasteiger partial charge in [-0.1, -0.05) is 53.2 Å². The molecular formula is C24H21NO4. The molecule has 0 aliphatic rings. The molecule has 0 radical (unpaired) electrons. The van der Waals surface area contributed by atoms with Crippen LogP contribution in [0, 0.1) is 6.92 Å². The first-order valence-corrected chi connectivity index (χ1v) is 9.54. The molecule has 0 saturated heterocycles. The van der Waals surface area contributed by atoms with Crippen molar-refractivity contribution >= 4 is 33.6 Å². The van der Waals surface area contributed by atoms with Crippen molar-refractivity contribution in [2.24, 2.45) is 5.16 Å². The minimum atomic E-state index is -1.07. The monoisotopic (exact) mass is 387 g/mol. The van der Waals surface area contributed by atoms with Crippen LogP contribution in [0.5, 0.6) is 5.75 Å². The largest absolute Gasteiger partial charge is 0.477 e. The minimum absolute atomic E-state index is 0.00857. The smallest absolute Gasteiger partial charge is 0.353 e. The van der Waals surface area contributed by atoms with Crippen LogP contribution >= 0.6 is 0 Å². The lowest BCUT2D eigenvalue weighted by atomic mass is 10.1. The van der Waals surface area contributed by atoms with Crippen LogP contribution in [0.15, 0.2) is 76.3 Å². The van der Waals surface area contributed by atoms with Crippen molar-refractivity contribution in [1.82, 2.24) is 0 Å². The van der Waals surface area contributed by atoms with Crippen LogP contribution in [0.4, 0.5) is 0 Å². The van der Waals surface area contributed by atoms with E-state index in [1.807, 2.05) is 37.3 Å². The predicted molar refractivity (Wildman–Crippen MR) is 114 cm³/mol. The zero-order chi connectivity index (χ0) is 20.2. The fourth-order valence-electron chi connectivity index (χ4n) is 3.28. The van der Waals surface area contributed by atoms with Crippen molar-refractivity contribution in [1.29, 1.82) is 0 Å². The molecule has 0 bridgehead atoms. The van der Waals surface area contributed by atoms with E-state index in [1.165, 1.54) is 11.1 Å². The molecule has 0 saturated carbocycles. The van der Waals surface area contributed by atoms with Gasteiger partial charge in [0.05, 0.1) is 0 Å². The SMILES string of the molecule is Cc1ccc(CCC/C(=N\Oc2ccc3oc4ccccc4c3c2)C(=O)O)cc1. The van der Waals surface area contributed by atoms with Crippen LogP contribution in [0.1, 0.15) is 24.0 Å². The van der Waals surface area contributed by atoms with E-state index in [-0.39, 0.29) is 5.71 Å². The molecule has 3 aromatic carbocycles. The number of carboxylic acid groups (broad SMARTS) is 1. The Balaban J connectivity index is 1.46. The Morgan fingerprint density at radius 2 is 1.76 bits per heavy atom. The third-order valence-corrected chi connectivity index (χ3v) is 4.86. The fourth-order valence-corrected chi connectivity index (χ4v) is 3.28. The standard InChI is InChI=1S/C24H21NO4/c1-16-9-11-17(12-10-16)5-4-7-21(24(26)27)25-29-18-13-14-23-20(15-18)19-6-2-3-8-22(19)28-23/h2-3,6,8-15H,4-5,7H2,1H3,(H,26,27)/b25-21+. The molecule has 0 fully saturated rings. The lowest BCUT2D eigenvalue weighted by Gasteiger charge is -2.04. The van der Waals surface area contributed by atoms with Crippen molar-refractivity contribution < 1.29 is 19.2 Å². The van der Waals surface area contributed by atoms with E-state index in [0.717, 1.165) is 28.4 Å². The molecular weight excluding hydrogens is 366 g/mol. The summed E-state index contributed by atoms with van der Waals surface area (Å²) in [7, 11) is 0. The maximum absolute atomic E-state index is 11.5. The van der Waals surface area contributed by atoms with Gasteiger partial charge in [0.1, 0.15) is 11.2 Å². The predicted octanol–water partition coefficient (Wildman–Crippen LogP) is 5.74. The molecule has 4 aromatic rings. The van der Waals surface area contributed by atoms with Crippen LogP contribution in [0.2, 0.25) is 0 Å². The van der Waals surface area contributed by atoms with Crippen molar-refractivity contribution in [3.63, 3.8) is 0 Å². The van der Waals surface area contributed by atoms with Gasteiger partial charge < -0.3 is 14.4 Å². The summed E-state index contributed by atoms with van der Waals surface area (Å²) in [6.45, 7) is 2.04. The molecule has 1 N–H and O–H groups in total. The van der Waals surface area contributed by atoms with E-state index in [4.69, 9.17) is 9.25 Å². The van der Waals surface area contributed by atoms with Crippen molar-refractivity contribution in [2.45, 2.75) is 26.2 Å². The molecule has 1 heterocycles. The van der Waals surface area contributed by atoms with E-state index >= 15 is 0 Å². The molecule has 4 rings (SSSR count). The highest BCUT2D eigenvalue weighted by atomic mass is 16.6. The van der Waals surface area contributed by atoms with Gasteiger partial charge in [-0.3, -0.25) is 0 Å². The second-order valence-corrected chi connectivity index (χ2v) is 7.03. The third kappa shape index (κ3) is 4.29. The number of carboxylic acids is 1. The quantitative estimate of drug-likeness (QED) is 0.324. The van der Waals surface area contributed by atoms with Gasteiger partial charge in [0.15, 0.2) is 11.5 Å². The molecule has 1 aromatic heterocycles. The summed E-state index contributed by atoms with van der Waals surface area (Å²) in [6.07, 6.45) is 1.81. The summed E-state index contributed by atoms with van der Waals surface area (Å²) < 4.78 is 5.79. The van der Waals surface area contributed by atoms with Gasteiger partial charge in [0, 0.05) is 17.2 Å². The number of furan rings is 1. The van der Waals surface area contributed by atoms with E-state index < -0.39 is 5.97 Å². The number of oxime groups is 1. The van der Waals surface area contributed by atoms with Gasteiger partial charge in [0.25, 0.3) is 0 Å². The van der Waals surface area contributed by atoms with Crippen LogP contribution in [0.3, 0.4) is 0 Å². The molecule has 5 heteroatoms. The van der Waals surface area contributed by atoms with Gasteiger partial charge in [-0.25, -0.2) is 4.79 Å². The number of para-hydroxylation sites is 1. The number of hydrogen-bond donors (Lipinski definition) is 1. The van der Waals surface area contributed by atoms with E-state index in [2.05, 4.69) is 29.4 Å². The normalized spacial score (nSPS) is 11.8. The maximum Gasteiger partial charge on any atom is 0.353 e. The Kier molecular flexibility index (Phi) is 5.29. The molecule has 0 atom stereocenters. The molecule has 0 aliphatic heterocycles. The summed E-state index contributed by atoms with van der Waals surface area (Å²) >= 11 is 0. The van der Waals surface area contributed by atoms with Gasteiger partial charge in [-0.2, -0.15) is 0 Å². The number of nitrogens with zero attached hydrogens (tertiary/aromatic N) is 1. The van der Waals surface area contributed by atoms with Gasteiger partial charge in [-0.15, -0.1) is 0 Å². The zero-order valence-corrected chi connectivity index (χ0v) is 16.1. The first kappa shape index (κ1) is 18.7. The van der Waals surface area contributed by atoms with Crippen LogP contribution < -0.4 is 4.84 Å². The van der Waals surface area contributed by atoms with Crippen molar-refractivity contribution in [3.8, 4) is 5.75 Å². The number of rotatable bonds is 7. The number of aryl methyl sites for hydroxylation is 2. The average molecular weight is 387 g/mol. The summed E-state index contributed by atoms with van der Waals surface area (Å²) in [4.78, 5) is 17.0. The lowest BCUT2D eigenvalue weighted by molar-refractivity contribution is -0.129. The number of carbonyl (C=O) groups is 1. The molecule has 0 unspecified atom stereocenters. The van der Waals surface area contributed by atoms with Crippen LogP contribution in [0.25, 0.3) is 21.9 Å². The summed E-state index contributed by atoms with van der Waals surface area (Å²) in [5.74, 6) is -0.593. The fraction of sp³-hybridized carbons (Fsp3) is 0.167. The highest BCUT2D eigenvalue weighted by molar-refractivity contribution is 6.35. The van der Waals surface area contributed by atoms with E-state index in [0.29, 0.717) is 18.6 Å². The number of aliphatic carboxylic acids is 1. The van der Waals surface area contributed by atoms with Crippen molar-refractivity contribution in [3.05, 3.63) is 77.9 Å². The zero-order valence-electron chi connectivity index (χ0n) is 16.1. The van der Waals surface area contributed by atoms with E-state index in [1.54, 1.807) is 12.1 Å². The third-order valence-electron chi connectivity index (χ3n) is 4.86. The first-order valence-electron chi connectivity index (χ1n) is 9.54.